The van der Waals surface area contributed by atoms with Crippen LogP contribution in [0.2, 0.25) is 10.0 Å². The number of carbonyl (C=O) groups excluding carboxylic acids is 1. The summed E-state index contributed by atoms with van der Waals surface area (Å²) in [6.07, 6.45) is 3.52. The number of amides is 1. The zero-order valence-corrected chi connectivity index (χ0v) is 17.8. The lowest BCUT2D eigenvalue weighted by Gasteiger charge is -2.10. The van der Waals surface area contributed by atoms with Gasteiger partial charge in [0.05, 0.1) is 5.71 Å². The first-order valence-electron chi connectivity index (χ1n) is 8.68. The minimum Gasteiger partial charge on any atom is -0.398 e. The molecule has 0 saturated carbocycles. The van der Waals surface area contributed by atoms with Gasteiger partial charge in [0, 0.05) is 33.8 Å². The Morgan fingerprint density at radius 2 is 1.79 bits per heavy atom. The van der Waals surface area contributed by atoms with Gasteiger partial charge in [-0.15, -0.1) is 0 Å². The molecule has 0 unspecified atom stereocenters. The lowest BCUT2D eigenvalue weighted by Crippen LogP contribution is -2.29. The topological polar surface area (TPSA) is 72.3 Å². The van der Waals surface area contributed by atoms with Crippen LogP contribution >= 0.6 is 23.2 Å². The van der Waals surface area contributed by atoms with E-state index >= 15 is 0 Å². The Hall–Kier alpha value is -2.83. The van der Waals surface area contributed by atoms with Crippen LogP contribution in [-0.4, -0.2) is 31.5 Å². The van der Waals surface area contributed by atoms with Crippen molar-refractivity contribution in [1.29, 1.82) is 0 Å². The molecule has 0 spiro atoms. The van der Waals surface area contributed by atoms with E-state index in [1.807, 2.05) is 12.1 Å². The second-order valence-electron chi connectivity index (χ2n) is 5.83. The van der Waals surface area contributed by atoms with Crippen LogP contribution in [0.3, 0.4) is 0 Å². The van der Waals surface area contributed by atoms with Gasteiger partial charge in [-0.25, -0.2) is 0 Å². The van der Waals surface area contributed by atoms with E-state index in [9.17, 15) is 4.79 Å². The van der Waals surface area contributed by atoms with Crippen molar-refractivity contribution in [3.63, 3.8) is 0 Å². The van der Waals surface area contributed by atoms with E-state index in [1.165, 1.54) is 14.2 Å². The van der Waals surface area contributed by atoms with Crippen molar-refractivity contribution >= 4 is 46.6 Å². The molecule has 0 bridgehead atoms. The van der Waals surface area contributed by atoms with Crippen molar-refractivity contribution in [2.45, 2.75) is 13.5 Å². The largest absolute Gasteiger partial charge is 0.398 e. The SMILES string of the molecule is CNC(=O)/C(=N/OC)c1ccccc1CO/N=C(\C)C=Cc1c(Cl)cccc1Cl. The highest BCUT2D eigenvalue weighted by molar-refractivity contribution is 6.45. The average molecular weight is 434 g/mol. The summed E-state index contributed by atoms with van der Waals surface area (Å²) in [6, 6.07) is 12.5. The van der Waals surface area contributed by atoms with Gasteiger partial charge in [0.25, 0.3) is 5.91 Å². The number of benzene rings is 2. The summed E-state index contributed by atoms with van der Waals surface area (Å²) in [5.74, 6) is -0.362. The summed E-state index contributed by atoms with van der Waals surface area (Å²) >= 11 is 12.3. The molecule has 152 valence electrons. The van der Waals surface area contributed by atoms with E-state index in [0.717, 1.165) is 5.56 Å². The molecule has 1 N–H and O–H groups in total. The summed E-state index contributed by atoms with van der Waals surface area (Å²) < 4.78 is 0. The minimum atomic E-state index is -0.362. The standard InChI is InChI=1S/C21H21Cl2N3O3/c1-14(11-12-17-18(22)9-6-10-19(17)23)25-29-13-15-7-4-5-8-16(15)20(26-28-3)21(27)24-2/h4-12H,13H2,1-3H3,(H,24,27)/b12-11?,25-14+,26-20+. The molecule has 0 aliphatic carbocycles. The summed E-state index contributed by atoms with van der Waals surface area (Å²) in [5.41, 5.74) is 2.82. The third-order valence-electron chi connectivity index (χ3n) is 3.82. The fraction of sp³-hybridized carbons (Fsp3) is 0.190. The highest BCUT2D eigenvalue weighted by Crippen LogP contribution is 2.25. The van der Waals surface area contributed by atoms with Gasteiger partial charge in [-0.05, 0) is 25.1 Å². The number of hydrogen-bond acceptors (Lipinski definition) is 5. The zero-order valence-electron chi connectivity index (χ0n) is 16.3. The number of rotatable bonds is 8. The third kappa shape index (κ3) is 6.34. The van der Waals surface area contributed by atoms with Gasteiger partial charge in [0.1, 0.15) is 13.7 Å². The first-order valence-corrected chi connectivity index (χ1v) is 9.43. The number of oxime groups is 2. The second kappa shape index (κ2) is 11.2. The maximum absolute atomic E-state index is 12.1. The smallest absolute Gasteiger partial charge is 0.273 e. The Balaban J connectivity index is 2.13. The minimum absolute atomic E-state index is 0.147. The van der Waals surface area contributed by atoms with E-state index in [2.05, 4.69) is 15.6 Å². The maximum atomic E-state index is 12.1. The van der Waals surface area contributed by atoms with Crippen molar-refractivity contribution in [2.75, 3.05) is 14.2 Å². The van der Waals surface area contributed by atoms with Crippen LogP contribution in [0, 0.1) is 0 Å². The maximum Gasteiger partial charge on any atom is 0.273 e. The summed E-state index contributed by atoms with van der Waals surface area (Å²) in [6.45, 7) is 1.93. The molecule has 0 saturated heterocycles. The molecule has 0 aromatic heterocycles. The molecule has 2 aromatic carbocycles. The van der Waals surface area contributed by atoms with Crippen LogP contribution in [0.1, 0.15) is 23.6 Å². The van der Waals surface area contributed by atoms with E-state index in [4.69, 9.17) is 32.9 Å². The van der Waals surface area contributed by atoms with Crippen molar-refractivity contribution in [3.05, 3.63) is 75.3 Å². The molecular formula is C21H21Cl2N3O3. The van der Waals surface area contributed by atoms with Crippen molar-refractivity contribution in [3.8, 4) is 0 Å². The van der Waals surface area contributed by atoms with Gasteiger partial charge >= 0.3 is 0 Å². The van der Waals surface area contributed by atoms with Gasteiger partial charge in [0.2, 0.25) is 0 Å². The molecule has 0 atom stereocenters. The Kier molecular flexibility index (Phi) is 8.70. The normalized spacial score (nSPS) is 12.2. The van der Waals surface area contributed by atoms with E-state index < -0.39 is 0 Å². The Morgan fingerprint density at radius 1 is 1.10 bits per heavy atom. The predicted octanol–water partition coefficient (Wildman–Crippen LogP) is 4.70. The molecule has 0 aliphatic rings. The molecular weight excluding hydrogens is 413 g/mol. The second-order valence-corrected chi connectivity index (χ2v) is 6.65. The van der Waals surface area contributed by atoms with Crippen molar-refractivity contribution in [1.82, 2.24) is 5.32 Å². The summed E-state index contributed by atoms with van der Waals surface area (Å²) in [7, 11) is 2.91. The lowest BCUT2D eigenvalue weighted by atomic mass is 10.0. The summed E-state index contributed by atoms with van der Waals surface area (Å²) in [5, 5.41) is 11.5. The number of halogens is 2. The van der Waals surface area contributed by atoms with E-state index in [-0.39, 0.29) is 18.2 Å². The molecule has 2 aromatic rings. The molecule has 0 heterocycles. The van der Waals surface area contributed by atoms with Crippen LogP contribution < -0.4 is 5.32 Å². The number of nitrogens with zero attached hydrogens (tertiary/aromatic N) is 2. The van der Waals surface area contributed by atoms with Gasteiger partial charge in [-0.3, -0.25) is 4.79 Å². The number of nitrogens with one attached hydrogen (secondary N) is 1. The number of hydrogen-bond donors (Lipinski definition) is 1. The van der Waals surface area contributed by atoms with Crippen LogP contribution in [0.25, 0.3) is 6.08 Å². The molecule has 6 nitrogen and oxygen atoms in total. The van der Waals surface area contributed by atoms with E-state index in [1.54, 1.807) is 49.4 Å². The van der Waals surface area contributed by atoms with Crippen molar-refractivity contribution in [2.24, 2.45) is 10.3 Å². The number of allylic oxidation sites excluding steroid dienone is 1. The lowest BCUT2D eigenvalue weighted by molar-refractivity contribution is -0.114. The molecule has 2 rings (SSSR count). The highest BCUT2D eigenvalue weighted by Gasteiger charge is 2.17. The molecule has 0 radical (unpaired) electrons. The van der Waals surface area contributed by atoms with Gasteiger partial charge in [0.15, 0.2) is 5.71 Å². The highest BCUT2D eigenvalue weighted by atomic mass is 35.5. The fourth-order valence-electron chi connectivity index (χ4n) is 2.41. The van der Waals surface area contributed by atoms with Crippen LogP contribution in [0.4, 0.5) is 0 Å². The quantitative estimate of drug-likeness (QED) is 0.484. The first-order chi connectivity index (χ1) is 14.0. The average Bonchev–Trinajstić information content (AvgIpc) is 2.71. The number of likely N-dealkylation sites (N-methyl/N-ethyl adjacent to an activating group) is 1. The Bertz CT molecular complexity index is 936. The number of carbonyl (C=O) groups is 1. The summed E-state index contributed by atoms with van der Waals surface area (Å²) in [4.78, 5) is 22.3. The molecule has 0 fully saturated rings. The van der Waals surface area contributed by atoms with Crippen LogP contribution in [0.15, 0.2) is 58.9 Å². The zero-order chi connectivity index (χ0) is 21.2. The first kappa shape index (κ1) is 22.5. The Labute approximate surface area is 179 Å². The van der Waals surface area contributed by atoms with Gasteiger partial charge in [-0.2, -0.15) is 0 Å². The van der Waals surface area contributed by atoms with Crippen LogP contribution in [-0.2, 0) is 21.1 Å². The third-order valence-corrected chi connectivity index (χ3v) is 4.48. The Morgan fingerprint density at radius 3 is 2.45 bits per heavy atom. The van der Waals surface area contributed by atoms with Crippen molar-refractivity contribution < 1.29 is 14.5 Å². The molecule has 8 heteroatoms. The molecule has 0 aliphatic heterocycles. The van der Waals surface area contributed by atoms with Gasteiger partial charge < -0.3 is 15.0 Å². The molecule has 29 heavy (non-hydrogen) atoms. The van der Waals surface area contributed by atoms with Crippen LogP contribution in [0.5, 0.6) is 0 Å². The fourth-order valence-corrected chi connectivity index (χ4v) is 2.93. The molecule has 1 amide bonds. The van der Waals surface area contributed by atoms with E-state index in [0.29, 0.717) is 26.9 Å². The van der Waals surface area contributed by atoms with Gasteiger partial charge in [-0.1, -0.05) is 69.9 Å². The predicted molar refractivity (Wildman–Crippen MR) is 117 cm³/mol. The monoisotopic (exact) mass is 433 g/mol.